The average Bonchev–Trinajstić information content (AvgIpc) is 3.15. The summed E-state index contributed by atoms with van der Waals surface area (Å²) in [6.07, 6.45) is 2.72. The molecule has 7 heteroatoms. The van der Waals surface area contributed by atoms with Crippen LogP contribution in [0.3, 0.4) is 0 Å². The van der Waals surface area contributed by atoms with E-state index in [1.165, 1.54) is 12.1 Å². The molecule has 0 bridgehead atoms. The number of imidazole rings is 1. The Morgan fingerprint density at radius 2 is 2.20 bits per heavy atom. The first-order valence-electron chi connectivity index (χ1n) is 8.36. The van der Waals surface area contributed by atoms with Crippen LogP contribution in [0.25, 0.3) is 0 Å². The van der Waals surface area contributed by atoms with Crippen molar-refractivity contribution in [3.63, 3.8) is 0 Å². The van der Waals surface area contributed by atoms with E-state index in [4.69, 9.17) is 9.84 Å². The molecular formula is C18H23N3O4. The number of benzene rings is 1. The molecule has 2 heterocycles. The summed E-state index contributed by atoms with van der Waals surface area (Å²) < 4.78 is 7.93. The Morgan fingerprint density at radius 3 is 2.92 bits per heavy atom. The van der Waals surface area contributed by atoms with Gasteiger partial charge in [0.25, 0.3) is 0 Å². The zero-order valence-corrected chi connectivity index (χ0v) is 14.4. The maximum Gasteiger partial charge on any atom is 0.335 e. The van der Waals surface area contributed by atoms with Crippen LogP contribution in [0, 0.1) is 0 Å². The number of carbonyl (C=O) groups is 1. The summed E-state index contributed by atoms with van der Waals surface area (Å²) in [5, 5.41) is 19.4. The monoisotopic (exact) mass is 345 g/mol. The van der Waals surface area contributed by atoms with Gasteiger partial charge in [0.05, 0.1) is 12.1 Å². The minimum Gasteiger partial charge on any atom is -0.486 e. The van der Waals surface area contributed by atoms with Crippen LogP contribution < -0.4 is 4.74 Å². The number of aromatic carboxylic acids is 1. The van der Waals surface area contributed by atoms with E-state index < -0.39 is 18.2 Å². The van der Waals surface area contributed by atoms with Crippen LogP contribution in [0.1, 0.15) is 36.1 Å². The first kappa shape index (κ1) is 17.4. The van der Waals surface area contributed by atoms with Crippen molar-refractivity contribution in [2.24, 2.45) is 0 Å². The van der Waals surface area contributed by atoms with Gasteiger partial charge in [-0.3, -0.25) is 4.90 Å². The van der Waals surface area contributed by atoms with Crippen LogP contribution >= 0.6 is 0 Å². The number of aliphatic hydroxyl groups excluding tert-OH is 1. The van der Waals surface area contributed by atoms with Crippen molar-refractivity contribution in [3.8, 4) is 5.75 Å². The molecule has 2 aromatic rings. The van der Waals surface area contributed by atoms with Gasteiger partial charge in [0.2, 0.25) is 0 Å². The molecule has 1 aromatic carbocycles. The fourth-order valence-electron chi connectivity index (χ4n) is 3.09. The summed E-state index contributed by atoms with van der Waals surface area (Å²) in [7, 11) is 0. The topological polar surface area (TPSA) is 87.8 Å². The Morgan fingerprint density at radius 1 is 1.40 bits per heavy atom. The predicted molar refractivity (Wildman–Crippen MR) is 91.7 cm³/mol. The van der Waals surface area contributed by atoms with Crippen molar-refractivity contribution in [1.82, 2.24) is 14.5 Å². The van der Waals surface area contributed by atoms with E-state index in [0.29, 0.717) is 31.4 Å². The number of nitrogens with zero attached hydrogens (tertiary/aromatic N) is 3. The molecule has 1 aliphatic heterocycles. The van der Waals surface area contributed by atoms with E-state index in [-0.39, 0.29) is 5.56 Å². The molecule has 0 spiro atoms. The van der Waals surface area contributed by atoms with E-state index in [1.807, 2.05) is 6.20 Å². The smallest absolute Gasteiger partial charge is 0.335 e. The van der Waals surface area contributed by atoms with Gasteiger partial charge in [-0.2, -0.15) is 0 Å². The summed E-state index contributed by atoms with van der Waals surface area (Å²) in [5.74, 6) is 0.407. The van der Waals surface area contributed by atoms with Crippen molar-refractivity contribution in [1.29, 1.82) is 0 Å². The number of carboxylic acid groups (broad SMARTS) is 1. The first-order chi connectivity index (χ1) is 11.9. The predicted octanol–water partition coefficient (Wildman–Crippen LogP) is 1.79. The SMILES string of the molecule is CC(C)n1ccnc1CN1C[C@@H](O)[C@H](Oc2cccc(C(=O)O)c2)C1. The average molecular weight is 345 g/mol. The largest absolute Gasteiger partial charge is 0.486 e. The molecule has 3 rings (SSSR count). The van der Waals surface area contributed by atoms with E-state index >= 15 is 0 Å². The van der Waals surface area contributed by atoms with Gasteiger partial charge in [0.1, 0.15) is 23.8 Å². The maximum absolute atomic E-state index is 11.0. The van der Waals surface area contributed by atoms with Gasteiger partial charge in [-0.05, 0) is 32.0 Å². The molecule has 0 unspecified atom stereocenters. The van der Waals surface area contributed by atoms with Gasteiger partial charge in [-0.15, -0.1) is 0 Å². The van der Waals surface area contributed by atoms with E-state index in [0.717, 1.165) is 5.82 Å². The van der Waals surface area contributed by atoms with Gasteiger partial charge >= 0.3 is 5.97 Å². The number of ether oxygens (including phenoxy) is 1. The highest BCUT2D eigenvalue weighted by Gasteiger charge is 2.33. The number of aromatic nitrogens is 2. The number of hydrogen-bond acceptors (Lipinski definition) is 5. The van der Waals surface area contributed by atoms with Crippen LogP contribution in [-0.4, -0.2) is 55.9 Å². The van der Waals surface area contributed by atoms with Crippen LogP contribution in [0.2, 0.25) is 0 Å². The van der Waals surface area contributed by atoms with Gasteiger partial charge in [-0.1, -0.05) is 6.07 Å². The van der Waals surface area contributed by atoms with Gasteiger partial charge in [0, 0.05) is 31.5 Å². The van der Waals surface area contributed by atoms with Gasteiger partial charge < -0.3 is 19.5 Å². The molecule has 1 aliphatic rings. The lowest BCUT2D eigenvalue weighted by Crippen LogP contribution is -2.30. The zero-order valence-electron chi connectivity index (χ0n) is 14.4. The second-order valence-corrected chi connectivity index (χ2v) is 6.60. The summed E-state index contributed by atoms with van der Waals surface area (Å²) in [4.78, 5) is 17.5. The lowest BCUT2D eigenvalue weighted by atomic mass is 10.2. The zero-order chi connectivity index (χ0) is 18.0. The van der Waals surface area contributed by atoms with Crippen molar-refractivity contribution in [2.75, 3.05) is 13.1 Å². The summed E-state index contributed by atoms with van der Waals surface area (Å²) in [6.45, 7) is 5.89. The third kappa shape index (κ3) is 4.00. The van der Waals surface area contributed by atoms with Crippen molar-refractivity contribution in [3.05, 3.63) is 48.0 Å². The highest BCUT2D eigenvalue weighted by atomic mass is 16.5. The minimum atomic E-state index is -1.00. The molecular weight excluding hydrogens is 322 g/mol. The van der Waals surface area contributed by atoms with E-state index in [1.54, 1.807) is 18.3 Å². The molecule has 25 heavy (non-hydrogen) atoms. The van der Waals surface area contributed by atoms with Gasteiger partial charge in [-0.25, -0.2) is 9.78 Å². The molecule has 0 radical (unpaired) electrons. The Balaban J connectivity index is 1.64. The number of rotatable bonds is 6. The molecule has 0 aliphatic carbocycles. The second-order valence-electron chi connectivity index (χ2n) is 6.60. The molecule has 0 saturated carbocycles. The molecule has 1 fully saturated rings. The highest BCUT2D eigenvalue weighted by Crippen LogP contribution is 2.22. The van der Waals surface area contributed by atoms with Crippen LogP contribution in [0.5, 0.6) is 5.75 Å². The summed E-state index contributed by atoms with van der Waals surface area (Å²) in [5.41, 5.74) is 0.167. The fraction of sp³-hybridized carbons (Fsp3) is 0.444. The summed E-state index contributed by atoms with van der Waals surface area (Å²) >= 11 is 0. The van der Waals surface area contributed by atoms with E-state index in [2.05, 4.69) is 28.3 Å². The molecule has 7 nitrogen and oxygen atoms in total. The quantitative estimate of drug-likeness (QED) is 0.830. The van der Waals surface area contributed by atoms with Crippen molar-refractivity contribution in [2.45, 2.75) is 38.6 Å². The summed E-state index contributed by atoms with van der Waals surface area (Å²) in [6, 6.07) is 6.65. The third-order valence-corrected chi connectivity index (χ3v) is 4.35. The number of β-amino-alcohol motifs (C(OH)–C–C–N with tert-alkyl or cyclic N) is 1. The Labute approximate surface area is 146 Å². The van der Waals surface area contributed by atoms with Crippen molar-refractivity contribution >= 4 is 5.97 Å². The molecule has 1 saturated heterocycles. The molecule has 134 valence electrons. The normalized spacial score (nSPS) is 21.0. The number of aliphatic hydroxyl groups is 1. The number of likely N-dealkylation sites (tertiary alicyclic amines) is 1. The van der Waals surface area contributed by atoms with Crippen LogP contribution in [0.4, 0.5) is 0 Å². The standard InChI is InChI=1S/C18H23N3O4/c1-12(2)21-7-6-19-17(21)11-20-9-15(22)16(10-20)25-14-5-3-4-13(8-14)18(23)24/h3-8,12,15-16,22H,9-11H2,1-2H3,(H,23,24)/t15-,16-/m1/s1. The highest BCUT2D eigenvalue weighted by molar-refractivity contribution is 5.88. The van der Waals surface area contributed by atoms with Crippen molar-refractivity contribution < 1.29 is 19.7 Å². The van der Waals surface area contributed by atoms with Crippen LogP contribution in [-0.2, 0) is 6.54 Å². The van der Waals surface area contributed by atoms with Gasteiger partial charge in [0.15, 0.2) is 0 Å². The second kappa shape index (κ2) is 7.25. The van der Waals surface area contributed by atoms with E-state index in [9.17, 15) is 9.90 Å². The minimum absolute atomic E-state index is 0.167. The molecule has 2 N–H and O–H groups in total. The number of carboxylic acids is 1. The maximum atomic E-state index is 11.0. The number of hydrogen-bond donors (Lipinski definition) is 2. The lowest BCUT2D eigenvalue weighted by molar-refractivity contribution is 0.0688. The Kier molecular flexibility index (Phi) is 5.06. The molecule has 2 atom stereocenters. The molecule has 1 aromatic heterocycles. The molecule has 0 amide bonds. The Hall–Kier alpha value is -2.38. The lowest BCUT2D eigenvalue weighted by Gasteiger charge is -2.18. The fourth-order valence-corrected chi connectivity index (χ4v) is 3.09. The third-order valence-electron chi connectivity index (χ3n) is 4.35. The first-order valence-corrected chi connectivity index (χ1v) is 8.36. The van der Waals surface area contributed by atoms with Crippen LogP contribution in [0.15, 0.2) is 36.7 Å². The Bertz CT molecular complexity index is 743.